The molecule has 4 nitrogen and oxygen atoms in total. The molecule has 0 fully saturated rings. The van der Waals surface area contributed by atoms with Gasteiger partial charge in [0.25, 0.3) is 0 Å². The van der Waals surface area contributed by atoms with Crippen molar-refractivity contribution in [3.8, 4) is 5.75 Å². The van der Waals surface area contributed by atoms with Crippen LogP contribution in [0.25, 0.3) is 0 Å². The van der Waals surface area contributed by atoms with Gasteiger partial charge in [0.15, 0.2) is 0 Å². The number of nitrogens with zero attached hydrogens (tertiary/aromatic N) is 2. The average Bonchev–Trinajstić information content (AvgIpc) is 2.94. The van der Waals surface area contributed by atoms with Gasteiger partial charge in [-0.05, 0) is 28.2 Å². The summed E-state index contributed by atoms with van der Waals surface area (Å²) in [5, 5.41) is 0. The van der Waals surface area contributed by atoms with Gasteiger partial charge in [-0.3, -0.25) is 9.88 Å². The fraction of sp³-hybridized carbons (Fsp3) is 0.450. The predicted molar refractivity (Wildman–Crippen MR) is 97.0 cm³/mol. The lowest BCUT2D eigenvalue weighted by Gasteiger charge is -2.22. The summed E-state index contributed by atoms with van der Waals surface area (Å²) in [6.45, 7) is 9.80. The summed E-state index contributed by atoms with van der Waals surface area (Å²) in [6, 6.07) is 10.6. The van der Waals surface area contributed by atoms with Crippen LogP contribution in [0.5, 0.6) is 5.75 Å². The molecule has 1 aliphatic rings. The Bertz CT molecular complexity index is 668. The van der Waals surface area contributed by atoms with Crippen LogP contribution in [0.1, 0.15) is 37.5 Å². The molecule has 0 spiro atoms. The molecule has 0 saturated carbocycles. The summed E-state index contributed by atoms with van der Waals surface area (Å²) in [7, 11) is 0. The number of ether oxygens (including phenoxy) is 1. The zero-order valence-electron chi connectivity index (χ0n) is 14.8. The Kier molecular flexibility index (Phi) is 4.88. The topological polar surface area (TPSA) is 51.4 Å². The molecule has 2 aromatic rings. The maximum absolute atomic E-state index is 6.27. The summed E-state index contributed by atoms with van der Waals surface area (Å²) >= 11 is 0. The summed E-state index contributed by atoms with van der Waals surface area (Å²) in [5.41, 5.74) is 10.3. The van der Waals surface area contributed by atoms with Gasteiger partial charge in [-0.25, -0.2) is 0 Å². The molecule has 2 heterocycles. The molecule has 1 aromatic heterocycles. The standard InChI is InChI=1S/C20H27N3O/c1-20(2,3)17-8-19(10-22-9-17)24-14-18(21)13-23-11-15-6-4-5-7-16(15)12-23/h4-10,18H,11-14,21H2,1-3H3/t18-/m1/s1. The van der Waals surface area contributed by atoms with Crippen molar-refractivity contribution >= 4 is 0 Å². The Labute approximate surface area is 144 Å². The van der Waals surface area contributed by atoms with Gasteiger partial charge in [0.2, 0.25) is 0 Å². The van der Waals surface area contributed by atoms with E-state index in [-0.39, 0.29) is 11.5 Å². The molecule has 3 rings (SSSR count). The van der Waals surface area contributed by atoms with Crippen molar-refractivity contribution in [3.05, 3.63) is 59.4 Å². The molecule has 0 bridgehead atoms. The van der Waals surface area contributed by atoms with E-state index in [4.69, 9.17) is 10.5 Å². The van der Waals surface area contributed by atoms with Gasteiger partial charge >= 0.3 is 0 Å². The highest BCUT2D eigenvalue weighted by Gasteiger charge is 2.20. The molecule has 0 unspecified atom stereocenters. The van der Waals surface area contributed by atoms with Crippen LogP contribution in [0.15, 0.2) is 42.7 Å². The summed E-state index contributed by atoms with van der Waals surface area (Å²) < 4.78 is 5.88. The highest BCUT2D eigenvalue weighted by molar-refractivity contribution is 5.30. The summed E-state index contributed by atoms with van der Waals surface area (Å²) in [5.74, 6) is 0.794. The number of aromatic nitrogens is 1. The molecule has 24 heavy (non-hydrogen) atoms. The number of pyridine rings is 1. The maximum Gasteiger partial charge on any atom is 0.137 e. The zero-order valence-corrected chi connectivity index (χ0v) is 14.8. The Morgan fingerprint density at radius 2 is 1.83 bits per heavy atom. The fourth-order valence-electron chi connectivity index (χ4n) is 3.03. The maximum atomic E-state index is 6.27. The van der Waals surface area contributed by atoms with Crippen molar-refractivity contribution in [1.29, 1.82) is 0 Å². The molecule has 0 saturated heterocycles. The van der Waals surface area contributed by atoms with Gasteiger partial charge in [-0.2, -0.15) is 0 Å². The minimum Gasteiger partial charge on any atom is -0.490 e. The van der Waals surface area contributed by atoms with Gasteiger partial charge in [0.05, 0.1) is 12.2 Å². The van der Waals surface area contributed by atoms with Gasteiger partial charge in [-0.1, -0.05) is 45.0 Å². The van der Waals surface area contributed by atoms with Crippen LogP contribution in [-0.2, 0) is 18.5 Å². The first-order valence-corrected chi connectivity index (χ1v) is 8.55. The van der Waals surface area contributed by atoms with Crippen molar-refractivity contribution in [2.75, 3.05) is 13.2 Å². The van der Waals surface area contributed by atoms with E-state index in [1.807, 2.05) is 6.20 Å². The second-order valence-electron chi connectivity index (χ2n) is 7.67. The number of hydrogen-bond acceptors (Lipinski definition) is 4. The lowest BCUT2D eigenvalue weighted by atomic mass is 9.88. The second kappa shape index (κ2) is 6.91. The molecule has 128 valence electrons. The van der Waals surface area contributed by atoms with E-state index in [0.717, 1.165) is 25.4 Å². The van der Waals surface area contributed by atoms with E-state index in [0.29, 0.717) is 6.61 Å². The first kappa shape index (κ1) is 16.9. The van der Waals surface area contributed by atoms with Crippen LogP contribution in [0.3, 0.4) is 0 Å². The zero-order chi connectivity index (χ0) is 17.2. The number of hydrogen-bond donors (Lipinski definition) is 1. The van der Waals surface area contributed by atoms with E-state index < -0.39 is 0 Å². The number of nitrogens with two attached hydrogens (primary N) is 1. The first-order valence-electron chi connectivity index (χ1n) is 8.55. The predicted octanol–water partition coefficient (Wildman–Crippen LogP) is 3.10. The summed E-state index contributed by atoms with van der Waals surface area (Å²) in [6.07, 6.45) is 3.65. The SMILES string of the molecule is CC(C)(C)c1cncc(OC[C@H](N)CN2Cc3ccccc3C2)c1. The normalized spacial score (nSPS) is 16.0. The Balaban J connectivity index is 1.51. The van der Waals surface area contributed by atoms with E-state index in [9.17, 15) is 0 Å². The smallest absolute Gasteiger partial charge is 0.137 e. The quantitative estimate of drug-likeness (QED) is 0.918. The van der Waals surface area contributed by atoms with Crippen molar-refractivity contribution < 1.29 is 4.74 Å². The van der Waals surface area contributed by atoms with Gasteiger partial charge in [0.1, 0.15) is 12.4 Å². The van der Waals surface area contributed by atoms with Crippen LogP contribution in [0.4, 0.5) is 0 Å². The Morgan fingerprint density at radius 3 is 2.46 bits per heavy atom. The lowest BCUT2D eigenvalue weighted by Crippen LogP contribution is -2.39. The summed E-state index contributed by atoms with van der Waals surface area (Å²) in [4.78, 5) is 6.66. The van der Waals surface area contributed by atoms with Crippen LogP contribution < -0.4 is 10.5 Å². The molecular weight excluding hydrogens is 298 g/mol. The van der Waals surface area contributed by atoms with Crippen LogP contribution in [-0.4, -0.2) is 29.1 Å². The minimum absolute atomic E-state index is 0.0161. The van der Waals surface area contributed by atoms with Crippen molar-refractivity contribution in [2.24, 2.45) is 5.73 Å². The number of rotatable bonds is 5. The minimum atomic E-state index is -0.0161. The van der Waals surface area contributed by atoms with E-state index in [1.54, 1.807) is 6.20 Å². The van der Waals surface area contributed by atoms with Crippen LogP contribution in [0, 0.1) is 0 Å². The lowest BCUT2D eigenvalue weighted by molar-refractivity contribution is 0.214. The molecule has 0 amide bonds. The monoisotopic (exact) mass is 325 g/mol. The van der Waals surface area contributed by atoms with Gasteiger partial charge in [-0.15, -0.1) is 0 Å². The largest absolute Gasteiger partial charge is 0.490 e. The molecule has 2 N–H and O–H groups in total. The third-order valence-electron chi connectivity index (χ3n) is 4.44. The van der Waals surface area contributed by atoms with Crippen molar-refractivity contribution in [3.63, 3.8) is 0 Å². The van der Waals surface area contributed by atoms with Crippen LogP contribution in [0.2, 0.25) is 0 Å². The van der Waals surface area contributed by atoms with Crippen molar-refractivity contribution in [1.82, 2.24) is 9.88 Å². The van der Waals surface area contributed by atoms with Crippen molar-refractivity contribution in [2.45, 2.75) is 45.3 Å². The third kappa shape index (κ3) is 4.13. The van der Waals surface area contributed by atoms with Gasteiger partial charge in [0, 0.05) is 25.8 Å². The third-order valence-corrected chi connectivity index (χ3v) is 4.44. The Morgan fingerprint density at radius 1 is 1.17 bits per heavy atom. The Hall–Kier alpha value is -1.91. The fourth-order valence-corrected chi connectivity index (χ4v) is 3.03. The van der Waals surface area contributed by atoms with E-state index in [1.165, 1.54) is 16.7 Å². The van der Waals surface area contributed by atoms with Gasteiger partial charge < -0.3 is 10.5 Å². The van der Waals surface area contributed by atoms with E-state index in [2.05, 4.69) is 61.0 Å². The highest BCUT2D eigenvalue weighted by Crippen LogP contribution is 2.25. The number of benzene rings is 1. The highest BCUT2D eigenvalue weighted by atomic mass is 16.5. The van der Waals surface area contributed by atoms with Crippen LogP contribution >= 0.6 is 0 Å². The molecule has 4 heteroatoms. The average molecular weight is 325 g/mol. The molecule has 1 atom stereocenters. The second-order valence-corrected chi connectivity index (χ2v) is 7.67. The molecule has 0 aliphatic carbocycles. The molecule has 0 radical (unpaired) electrons. The molecule has 1 aromatic carbocycles. The molecular formula is C20H27N3O. The number of fused-ring (bicyclic) bond motifs is 1. The molecule has 1 aliphatic heterocycles. The van der Waals surface area contributed by atoms with E-state index >= 15 is 0 Å². The first-order chi connectivity index (χ1) is 11.4.